The van der Waals surface area contributed by atoms with E-state index in [1.54, 1.807) is 24.3 Å². The highest BCUT2D eigenvalue weighted by atomic mass is 35.5. The van der Waals surface area contributed by atoms with Crippen LogP contribution in [0.25, 0.3) is 0 Å². The number of amidine groups is 1. The minimum Gasteiger partial charge on any atom is -0.409 e. The number of nitrogens with two attached hydrogens (primary N) is 1. The predicted molar refractivity (Wildman–Crippen MR) is 101 cm³/mol. The molecule has 0 spiro atoms. The number of hydrogen-bond acceptors (Lipinski definition) is 5. The maximum Gasteiger partial charge on any atom is 0.238 e. The Morgan fingerprint density at radius 1 is 1.00 bits per heavy atom. The molecule has 0 unspecified atom stereocenters. The summed E-state index contributed by atoms with van der Waals surface area (Å²) in [5.41, 5.74) is 1.72. The molecule has 0 atom stereocenters. The van der Waals surface area contributed by atoms with E-state index in [9.17, 15) is 13.6 Å². The van der Waals surface area contributed by atoms with E-state index in [2.05, 4.69) is 10.1 Å². The summed E-state index contributed by atoms with van der Waals surface area (Å²) < 4.78 is 22.7. The van der Waals surface area contributed by atoms with Crippen molar-refractivity contribution < 1.29 is 13.6 Å². The van der Waals surface area contributed by atoms with Gasteiger partial charge in [0.2, 0.25) is 10.0 Å². The van der Waals surface area contributed by atoms with Crippen LogP contribution in [0.15, 0.2) is 58.6 Å². The third-order valence-electron chi connectivity index (χ3n) is 4.31. The predicted octanol–water partition coefficient (Wildman–Crippen LogP) is 1.95. The molecular formula is C17H19ClN4O3S. The van der Waals surface area contributed by atoms with Crippen LogP contribution >= 0.6 is 11.6 Å². The maximum absolute atomic E-state index is 11.3. The van der Waals surface area contributed by atoms with E-state index in [0.29, 0.717) is 37.0 Å². The summed E-state index contributed by atoms with van der Waals surface area (Å²) >= 11 is 5.90. The second-order valence-electron chi connectivity index (χ2n) is 5.94. The van der Waals surface area contributed by atoms with Gasteiger partial charge in [-0.05, 0) is 48.5 Å². The molecular weight excluding hydrogens is 376 g/mol. The normalized spacial score (nSPS) is 16.0. The zero-order valence-corrected chi connectivity index (χ0v) is 15.5. The van der Waals surface area contributed by atoms with E-state index in [1.165, 1.54) is 12.1 Å². The van der Waals surface area contributed by atoms with Crippen molar-refractivity contribution in [1.82, 2.24) is 4.90 Å². The number of rotatable bonds is 3. The zero-order chi connectivity index (χ0) is 18.7. The quantitative estimate of drug-likeness (QED) is 0.359. The van der Waals surface area contributed by atoms with Crippen molar-refractivity contribution >= 4 is 33.1 Å². The van der Waals surface area contributed by atoms with Gasteiger partial charge in [0.25, 0.3) is 0 Å². The average Bonchev–Trinajstić information content (AvgIpc) is 2.64. The van der Waals surface area contributed by atoms with Crippen molar-refractivity contribution in [1.29, 1.82) is 0 Å². The molecule has 0 amide bonds. The van der Waals surface area contributed by atoms with Crippen molar-refractivity contribution in [3.63, 3.8) is 0 Å². The molecule has 7 nitrogen and oxygen atoms in total. The second kappa shape index (κ2) is 7.53. The Kier molecular flexibility index (Phi) is 5.36. The minimum absolute atomic E-state index is 0.0947. The summed E-state index contributed by atoms with van der Waals surface area (Å²) in [6.07, 6.45) is 0. The lowest BCUT2D eigenvalue weighted by molar-refractivity contribution is 0.296. The standard InChI is InChI=1S/C17H19ClN4O3S/c18-14-3-1-13(2-4-14)17(20-23)22-11-9-21(10-12-22)15-5-7-16(8-6-15)26(19,24)25/h1-8,23H,9-12H2,(H2,19,24,25)/b20-17-. The van der Waals surface area contributed by atoms with Crippen LogP contribution in [0.4, 0.5) is 5.69 Å². The summed E-state index contributed by atoms with van der Waals surface area (Å²) in [7, 11) is -3.69. The SMILES string of the molecule is NS(=O)(=O)c1ccc(N2CCN(/C(=N\O)c3ccc(Cl)cc3)CC2)cc1. The summed E-state index contributed by atoms with van der Waals surface area (Å²) in [6, 6.07) is 13.6. The van der Waals surface area contributed by atoms with E-state index in [0.717, 1.165) is 11.3 Å². The molecule has 0 aliphatic carbocycles. The van der Waals surface area contributed by atoms with Gasteiger partial charge in [-0.15, -0.1) is 0 Å². The number of anilines is 1. The number of halogens is 1. The van der Waals surface area contributed by atoms with Crippen LogP contribution in [-0.4, -0.2) is 50.5 Å². The van der Waals surface area contributed by atoms with E-state index in [-0.39, 0.29) is 4.90 Å². The molecule has 3 rings (SSSR count). The van der Waals surface area contributed by atoms with E-state index in [1.807, 2.05) is 17.0 Å². The Hall–Kier alpha value is -2.29. The van der Waals surface area contributed by atoms with Crippen LogP contribution in [0.5, 0.6) is 0 Å². The van der Waals surface area contributed by atoms with Crippen molar-refractivity contribution in [2.24, 2.45) is 10.3 Å². The number of oxime groups is 1. The van der Waals surface area contributed by atoms with E-state index < -0.39 is 10.0 Å². The molecule has 2 aromatic carbocycles. The fraction of sp³-hybridized carbons (Fsp3) is 0.235. The zero-order valence-electron chi connectivity index (χ0n) is 13.9. The van der Waals surface area contributed by atoms with Gasteiger partial charge < -0.3 is 15.0 Å². The lowest BCUT2D eigenvalue weighted by Crippen LogP contribution is -2.49. The molecule has 0 aromatic heterocycles. The smallest absolute Gasteiger partial charge is 0.238 e. The number of benzene rings is 2. The first-order valence-electron chi connectivity index (χ1n) is 7.99. The molecule has 26 heavy (non-hydrogen) atoms. The van der Waals surface area contributed by atoms with Crippen LogP contribution < -0.4 is 10.0 Å². The lowest BCUT2D eigenvalue weighted by Gasteiger charge is -2.37. The Morgan fingerprint density at radius 2 is 1.58 bits per heavy atom. The molecule has 1 aliphatic rings. The molecule has 3 N–H and O–H groups in total. The van der Waals surface area contributed by atoms with Gasteiger partial charge in [-0.2, -0.15) is 0 Å². The van der Waals surface area contributed by atoms with Gasteiger partial charge in [0.15, 0.2) is 5.84 Å². The molecule has 1 fully saturated rings. The van der Waals surface area contributed by atoms with Gasteiger partial charge in [-0.1, -0.05) is 16.8 Å². The first kappa shape index (κ1) is 18.5. The maximum atomic E-state index is 11.3. The van der Waals surface area contributed by atoms with Crippen molar-refractivity contribution in [3.05, 3.63) is 59.1 Å². The monoisotopic (exact) mass is 394 g/mol. The van der Waals surface area contributed by atoms with Gasteiger partial charge in [-0.3, -0.25) is 0 Å². The molecule has 1 heterocycles. The van der Waals surface area contributed by atoms with Gasteiger partial charge >= 0.3 is 0 Å². The van der Waals surface area contributed by atoms with Crippen LogP contribution in [0.3, 0.4) is 0 Å². The molecule has 0 radical (unpaired) electrons. The number of nitrogens with zero attached hydrogens (tertiary/aromatic N) is 3. The van der Waals surface area contributed by atoms with E-state index in [4.69, 9.17) is 16.7 Å². The first-order valence-corrected chi connectivity index (χ1v) is 9.91. The second-order valence-corrected chi connectivity index (χ2v) is 7.94. The van der Waals surface area contributed by atoms with Crippen LogP contribution in [0.2, 0.25) is 5.02 Å². The molecule has 9 heteroatoms. The molecule has 1 saturated heterocycles. The largest absolute Gasteiger partial charge is 0.409 e. The highest BCUT2D eigenvalue weighted by molar-refractivity contribution is 7.89. The Labute approximate surface area is 157 Å². The van der Waals surface area contributed by atoms with E-state index >= 15 is 0 Å². The Morgan fingerprint density at radius 3 is 2.08 bits per heavy atom. The topological polar surface area (TPSA) is 99.2 Å². The highest BCUT2D eigenvalue weighted by Gasteiger charge is 2.22. The summed E-state index contributed by atoms with van der Waals surface area (Å²) in [6.45, 7) is 2.75. The highest BCUT2D eigenvalue weighted by Crippen LogP contribution is 2.20. The molecule has 0 bridgehead atoms. The molecule has 2 aromatic rings. The molecule has 1 aliphatic heterocycles. The van der Waals surface area contributed by atoms with Gasteiger partial charge in [-0.25, -0.2) is 13.6 Å². The molecule has 0 saturated carbocycles. The van der Waals surface area contributed by atoms with Crippen molar-refractivity contribution in [2.75, 3.05) is 31.1 Å². The lowest BCUT2D eigenvalue weighted by atomic mass is 10.1. The Balaban J connectivity index is 1.67. The molecule has 138 valence electrons. The third kappa shape index (κ3) is 4.09. The van der Waals surface area contributed by atoms with Gasteiger partial charge in [0.1, 0.15) is 0 Å². The summed E-state index contributed by atoms with van der Waals surface area (Å²) in [4.78, 5) is 4.23. The van der Waals surface area contributed by atoms with Crippen LogP contribution in [0.1, 0.15) is 5.56 Å². The Bertz CT molecular complexity index is 891. The van der Waals surface area contributed by atoms with Gasteiger partial charge in [0, 0.05) is 42.5 Å². The number of hydrogen-bond donors (Lipinski definition) is 2. The summed E-state index contributed by atoms with van der Waals surface area (Å²) in [5, 5.41) is 18.6. The first-order chi connectivity index (χ1) is 12.4. The van der Waals surface area contributed by atoms with Crippen molar-refractivity contribution in [3.8, 4) is 0 Å². The number of piperazine rings is 1. The van der Waals surface area contributed by atoms with Crippen molar-refractivity contribution in [2.45, 2.75) is 4.90 Å². The number of sulfonamides is 1. The average molecular weight is 395 g/mol. The third-order valence-corrected chi connectivity index (χ3v) is 5.49. The van der Waals surface area contributed by atoms with Crippen LogP contribution in [0, 0.1) is 0 Å². The van der Waals surface area contributed by atoms with Gasteiger partial charge in [0.05, 0.1) is 4.90 Å². The number of primary sulfonamides is 1. The fourth-order valence-corrected chi connectivity index (χ4v) is 3.57. The van der Waals surface area contributed by atoms with Crippen LogP contribution in [-0.2, 0) is 10.0 Å². The minimum atomic E-state index is -3.69. The fourth-order valence-electron chi connectivity index (χ4n) is 2.93. The summed E-state index contributed by atoms with van der Waals surface area (Å²) in [5.74, 6) is 0.505.